The fourth-order valence-electron chi connectivity index (χ4n) is 2.86. The minimum absolute atomic E-state index is 0.0322. The summed E-state index contributed by atoms with van der Waals surface area (Å²) in [5.74, 6) is -0.499. The molecule has 1 aliphatic heterocycles. The fourth-order valence-corrected chi connectivity index (χ4v) is 2.86. The third kappa shape index (κ3) is 3.38. The van der Waals surface area contributed by atoms with Crippen LogP contribution in [0.5, 0.6) is 0 Å². The maximum Gasteiger partial charge on any atom is 0.315 e. The topological polar surface area (TPSA) is 47.6 Å². The lowest BCUT2D eigenvalue weighted by Gasteiger charge is -2.36. The minimum atomic E-state index is -0.318. The van der Waals surface area contributed by atoms with E-state index >= 15 is 0 Å². The van der Waals surface area contributed by atoms with Crippen LogP contribution in [0.1, 0.15) is 31.2 Å². The zero-order valence-corrected chi connectivity index (χ0v) is 12.2. The maximum atomic E-state index is 12.4. The number of benzene rings is 1. The van der Waals surface area contributed by atoms with Gasteiger partial charge in [-0.3, -0.25) is 4.79 Å². The molecule has 3 unspecified atom stereocenters. The van der Waals surface area contributed by atoms with Gasteiger partial charge in [0.25, 0.3) is 0 Å². The molecule has 4 nitrogen and oxygen atoms in total. The highest BCUT2D eigenvalue weighted by Gasteiger charge is 2.37. The number of carbonyl (C=O) groups is 1. The second-order valence-corrected chi connectivity index (χ2v) is 5.04. The normalized spacial score (nSPS) is 24.1. The number of esters is 1. The van der Waals surface area contributed by atoms with Crippen LogP contribution in [0.25, 0.3) is 0 Å². The summed E-state index contributed by atoms with van der Waals surface area (Å²) in [5, 5.41) is 3.43. The molecule has 0 amide bonds. The van der Waals surface area contributed by atoms with Crippen molar-refractivity contribution in [2.45, 2.75) is 37.8 Å². The number of hydrogen-bond donors (Lipinski definition) is 1. The van der Waals surface area contributed by atoms with Crippen LogP contribution < -0.4 is 5.32 Å². The van der Waals surface area contributed by atoms with E-state index in [1.165, 1.54) is 0 Å². The Kier molecular flexibility index (Phi) is 5.56. The van der Waals surface area contributed by atoms with E-state index in [0.717, 1.165) is 24.9 Å². The summed E-state index contributed by atoms with van der Waals surface area (Å²) in [7, 11) is 1.71. The van der Waals surface area contributed by atoms with Crippen molar-refractivity contribution in [2.24, 2.45) is 0 Å². The molecule has 0 saturated carbocycles. The highest BCUT2D eigenvalue weighted by molar-refractivity contribution is 5.79. The molecule has 1 aromatic rings. The van der Waals surface area contributed by atoms with E-state index in [1.807, 2.05) is 37.3 Å². The van der Waals surface area contributed by atoms with Crippen molar-refractivity contribution in [3.05, 3.63) is 35.9 Å². The molecule has 0 aromatic heterocycles. The van der Waals surface area contributed by atoms with Crippen LogP contribution in [0.4, 0.5) is 0 Å². The first kappa shape index (κ1) is 15.0. The predicted octanol–water partition coefficient (Wildman–Crippen LogP) is 2.10. The van der Waals surface area contributed by atoms with E-state index in [-0.39, 0.29) is 24.0 Å². The van der Waals surface area contributed by atoms with Crippen molar-refractivity contribution in [1.29, 1.82) is 0 Å². The van der Waals surface area contributed by atoms with E-state index in [1.54, 1.807) is 7.11 Å². The molecule has 0 spiro atoms. The Labute approximate surface area is 120 Å². The van der Waals surface area contributed by atoms with Gasteiger partial charge in [0.15, 0.2) is 0 Å². The number of rotatable bonds is 5. The molecular formula is C16H23NO3. The summed E-state index contributed by atoms with van der Waals surface area (Å²) in [5.41, 5.74) is 0.979. The van der Waals surface area contributed by atoms with Gasteiger partial charge in [-0.2, -0.15) is 0 Å². The second kappa shape index (κ2) is 7.41. The fraction of sp³-hybridized carbons (Fsp3) is 0.562. The van der Waals surface area contributed by atoms with E-state index in [4.69, 9.17) is 9.47 Å². The number of methoxy groups -OCH3 is 1. The molecule has 1 heterocycles. The Bertz CT molecular complexity index is 421. The average Bonchev–Trinajstić information content (AvgIpc) is 2.49. The smallest absolute Gasteiger partial charge is 0.315 e. The van der Waals surface area contributed by atoms with Crippen molar-refractivity contribution < 1.29 is 14.3 Å². The van der Waals surface area contributed by atoms with Gasteiger partial charge in [-0.1, -0.05) is 30.3 Å². The van der Waals surface area contributed by atoms with Gasteiger partial charge in [0, 0.05) is 7.11 Å². The third-order valence-corrected chi connectivity index (χ3v) is 3.81. The Hall–Kier alpha value is -1.39. The summed E-state index contributed by atoms with van der Waals surface area (Å²) >= 11 is 0. The average molecular weight is 277 g/mol. The van der Waals surface area contributed by atoms with Gasteiger partial charge in [-0.05, 0) is 31.9 Å². The molecule has 1 aromatic carbocycles. The third-order valence-electron chi connectivity index (χ3n) is 3.81. The molecule has 1 aliphatic rings. The second-order valence-electron chi connectivity index (χ2n) is 5.04. The van der Waals surface area contributed by atoms with Gasteiger partial charge < -0.3 is 14.8 Å². The highest BCUT2D eigenvalue weighted by atomic mass is 16.5. The Morgan fingerprint density at radius 2 is 2.15 bits per heavy atom. The van der Waals surface area contributed by atoms with Crippen LogP contribution >= 0.6 is 0 Å². The molecule has 110 valence electrons. The molecule has 0 bridgehead atoms. The number of nitrogens with one attached hydrogen (secondary N) is 1. The first-order valence-electron chi connectivity index (χ1n) is 7.25. The van der Waals surface area contributed by atoms with E-state index in [2.05, 4.69) is 5.32 Å². The van der Waals surface area contributed by atoms with Crippen LogP contribution in [0, 0.1) is 0 Å². The van der Waals surface area contributed by atoms with Crippen molar-refractivity contribution in [1.82, 2.24) is 5.32 Å². The van der Waals surface area contributed by atoms with Crippen molar-refractivity contribution in [3.8, 4) is 0 Å². The summed E-state index contributed by atoms with van der Waals surface area (Å²) < 4.78 is 10.8. The predicted molar refractivity (Wildman–Crippen MR) is 77.6 cm³/mol. The summed E-state index contributed by atoms with van der Waals surface area (Å²) in [6.45, 7) is 3.14. The van der Waals surface area contributed by atoms with Gasteiger partial charge in [0.1, 0.15) is 0 Å². The first-order chi connectivity index (χ1) is 9.77. The summed E-state index contributed by atoms with van der Waals surface area (Å²) in [6, 6.07) is 9.77. The van der Waals surface area contributed by atoms with Crippen molar-refractivity contribution in [2.75, 3.05) is 20.3 Å². The highest BCUT2D eigenvalue weighted by Crippen LogP contribution is 2.28. The standard InChI is InChI=1S/C16H23NO3/c1-3-20-16(18)14(12-8-5-4-6-9-12)15-13(19-2)10-7-11-17-15/h4-6,8-9,13-15,17H,3,7,10-11H2,1-2H3. The molecule has 1 saturated heterocycles. The van der Waals surface area contributed by atoms with Gasteiger partial charge in [-0.15, -0.1) is 0 Å². The van der Waals surface area contributed by atoms with Gasteiger partial charge in [0.05, 0.1) is 24.7 Å². The number of ether oxygens (including phenoxy) is 2. The lowest BCUT2D eigenvalue weighted by Crippen LogP contribution is -2.51. The number of piperidine rings is 1. The molecular weight excluding hydrogens is 254 g/mol. The largest absolute Gasteiger partial charge is 0.465 e. The molecule has 3 atom stereocenters. The summed E-state index contributed by atoms with van der Waals surface area (Å²) in [4.78, 5) is 12.4. The first-order valence-corrected chi connectivity index (χ1v) is 7.25. The monoisotopic (exact) mass is 277 g/mol. The SMILES string of the molecule is CCOC(=O)C(c1ccccc1)C1NCCCC1OC. The number of hydrogen-bond acceptors (Lipinski definition) is 4. The van der Waals surface area contributed by atoms with E-state index in [0.29, 0.717) is 6.61 Å². The molecule has 0 aliphatic carbocycles. The summed E-state index contributed by atoms with van der Waals surface area (Å²) in [6.07, 6.45) is 2.08. The number of carbonyl (C=O) groups excluding carboxylic acids is 1. The molecule has 1 fully saturated rings. The molecule has 1 N–H and O–H groups in total. The lowest BCUT2D eigenvalue weighted by molar-refractivity contribution is -0.147. The minimum Gasteiger partial charge on any atom is -0.465 e. The zero-order valence-electron chi connectivity index (χ0n) is 12.2. The lowest BCUT2D eigenvalue weighted by atomic mass is 9.84. The molecule has 2 rings (SSSR count). The molecule has 4 heteroatoms. The Balaban J connectivity index is 2.28. The van der Waals surface area contributed by atoms with Crippen LogP contribution in [0.3, 0.4) is 0 Å². The molecule has 20 heavy (non-hydrogen) atoms. The molecule has 0 radical (unpaired) electrons. The van der Waals surface area contributed by atoms with E-state index < -0.39 is 0 Å². The van der Waals surface area contributed by atoms with Crippen LogP contribution in [-0.2, 0) is 14.3 Å². The van der Waals surface area contributed by atoms with Gasteiger partial charge in [-0.25, -0.2) is 0 Å². The van der Waals surface area contributed by atoms with E-state index in [9.17, 15) is 4.79 Å². The Morgan fingerprint density at radius 3 is 2.80 bits per heavy atom. The van der Waals surface area contributed by atoms with Crippen LogP contribution in [-0.4, -0.2) is 38.4 Å². The van der Waals surface area contributed by atoms with Crippen molar-refractivity contribution in [3.63, 3.8) is 0 Å². The quantitative estimate of drug-likeness (QED) is 0.837. The zero-order chi connectivity index (χ0) is 14.4. The maximum absolute atomic E-state index is 12.4. The van der Waals surface area contributed by atoms with Gasteiger partial charge in [0.2, 0.25) is 0 Å². The van der Waals surface area contributed by atoms with Gasteiger partial charge >= 0.3 is 5.97 Å². The van der Waals surface area contributed by atoms with Crippen molar-refractivity contribution >= 4 is 5.97 Å². The Morgan fingerprint density at radius 1 is 1.40 bits per heavy atom. The van der Waals surface area contributed by atoms with Crippen LogP contribution in [0.15, 0.2) is 30.3 Å². The van der Waals surface area contributed by atoms with Crippen LogP contribution in [0.2, 0.25) is 0 Å².